The number of amidine groups is 1. The maximum Gasteiger partial charge on any atom is 0.239 e. The molecule has 1 aliphatic rings. The summed E-state index contributed by atoms with van der Waals surface area (Å²) in [5.74, 6) is -0.0133. The highest BCUT2D eigenvalue weighted by molar-refractivity contribution is 8.15. The van der Waals surface area contributed by atoms with Crippen LogP contribution in [0, 0.1) is 6.92 Å². The molecule has 4 nitrogen and oxygen atoms in total. The van der Waals surface area contributed by atoms with Crippen molar-refractivity contribution in [2.45, 2.75) is 18.6 Å². The van der Waals surface area contributed by atoms with Gasteiger partial charge >= 0.3 is 0 Å². The third-order valence-electron chi connectivity index (χ3n) is 4.45. The van der Waals surface area contributed by atoms with Crippen molar-refractivity contribution >= 4 is 39.8 Å². The summed E-state index contributed by atoms with van der Waals surface area (Å²) < 4.78 is 0. The molecule has 0 saturated carbocycles. The summed E-state index contributed by atoms with van der Waals surface area (Å²) in [6, 6.07) is 22.5. The molecule has 1 N–H and O–H groups in total. The van der Waals surface area contributed by atoms with Crippen molar-refractivity contribution in [3.63, 3.8) is 0 Å². The van der Waals surface area contributed by atoms with E-state index in [4.69, 9.17) is 0 Å². The summed E-state index contributed by atoms with van der Waals surface area (Å²) >= 11 is 1.43. The van der Waals surface area contributed by atoms with Crippen LogP contribution in [0.25, 0.3) is 10.8 Å². The number of carbonyl (C=O) groups excluding carboxylic acids is 1. The Balaban J connectivity index is 1.47. The molecule has 3 aromatic carbocycles. The fourth-order valence-corrected chi connectivity index (χ4v) is 4.11. The van der Waals surface area contributed by atoms with Gasteiger partial charge in [-0.1, -0.05) is 84.1 Å². The van der Waals surface area contributed by atoms with Gasteiger partial charge in [-0.3, -0.25) is 4.79 Å². The van der Waals surface area contributed by atoms with Crippen LogP contribution < -0.4 is 5.32 Å². The monoisotopic (exact) mass is 373 g/mol. The van der Waals surface area contributed by atoms with E-state index in [9.17, 15) is 4.79 Å². The summed E-state index contributed by atoms with van der Waals surface area (Å²) in [6.07, 6.45) is 2.42. The number of nitrogens with zero attached hydrogens (tertiary/aromatic N) is 2. The summed E-state index contributed by atoms with van der Waals surface area (Å²) in [5, 5.41) is 13.9. The standard InChI is InChI=1S/C22H19N3OS/c1-15-6-4-7-16(12-15)13-20-21(26)24-22(27-20)25-23-14-18-10-5-9-17-8-2-3-11-19(17)18/h2-12,14,20H,13H2,1H3,(H,24,25,26). The van der Waals surface area contributed by atoms with E-state index in [0.29, 0.717) is 11.6 Å². The van der Waals surface area contributed by atoms with Gasteiger partial charge in [-0.2, -0.15) is 5.10 Å². The zero-order chi connectivity index (χ0) is 18.6. The molecule has 1 amide bonds. The number of fused-ring (bicyclic) bond motifs is 1. The number of nitrogens with one attached hydrogen (secondary N) is 1. The van der Waals surface area contributed by atoms with Crippen LogP contribution in [0.4, 0.5) is 0 Å². The van der Waals surface area contributed by atoms with Crippen LogP contribution in [0.2, 0.25) is 0 Å². The second-order valence-corrected chi connectivity index (χ2v) is 7.70. The minimum absolute atomic E-state index is 0.0133. The highest BCUT2D eigenvalue weighted by Gasteiger charge is 2.30. The second kappa shape index (κ2) is 7.76. The minimum Gasteiger partial charge on any atom is -0.303 e. The molecular weight excluding hydrogens is 354 g/mol. The molecule has 3 aromatic rings. The molecule has 1 unspecified atom stereocenters. The van der Waals surface area contributed by atoms with Crippen molar-refractivity contribution in [3.05, 3.63) is 83.4 Å². The molecule has 1 aliphatic heterocycles. The quantitative estimate of drug-likeness (QED) is 0.547. The summed E-state index contributed by atoms with van der Waals surface area (Å²) in [6.45, 7) is 2.06. The van der Waals surface area contributed by atoms with Gasteiger partial charge in [-0.15, -0.1) is 5.10 Å². The average Bonchev–Trinajstić information content (AvgIpc) is 3.01. The summed E-state index contributed by atoms with van der Waals surface area (Å²) in [4.78, 5) is 12.2. The largest absolute Gasteiger partial charge is 0.303 e. The lowest BCUT2D eigenvalue weighted by molar-refractivity contribution is -0.118. The molecule has 1 atom stereocenters. The van der Waals surface area contributed by atoms with Gasteiger partial charge in [-0.25, -0.2) is 0 Å². The van der Waals surface area contributed by atoms with Gasteiger partial charge in [0.1, 0.15) is 0 Å². The van der Waals surface area contributed by atoms with Gasteiger partial charge in [0.05, 0.1) is 11.5 Å². The van der Waals surface area contributed by atoms with Gasteiger partial charge in [0.25, 0.3) is 0 Å². The van der Waals surface area contributed by atoms with Crippen molar-refractivity contribution in [2.75, 3.05) is 0 Å². The van der Waals surface area contributed by atoms with Crippen LogP contribution in [0.1, 0.15) is 16.7 Å². The molecule has 1 fully saturated rings. The molecule has 1 heterocycles. The molecule has 0 spiro atoms. The summed E-state index contributed by atoms with van der Waals surface area (Å²) in [7, 11) is 0. The number of rotatable bonds is 4. The fraction of sp³-hybridized carbons (Fsp3) is 0.136. The Bertz CT molecular complexity index is 1050. The van der Waals surface area contributed by atoms with Crippen molar-refractivity contribution < 1.29 is 4.79 Å². The summed E-state index contributed by atoms with van der Waals surface area (Å²) in [5.41, 5.74) is 3.36. The fourth-order valence-electron chi connectivity index (χ4n) is 3.15. The Hall–Kier alpha value is -2.92. The van der Waals surface area contributed by atoms with Gasteiger partial charge in [0.15, 0.2) is 5.17 Å². The minimum atomic E-state index is -0.168. The lowest BCUT2D eigenvalue weighted by Crippen LogP contribution is -2.25. The molecule has 0 radical (unpaired) electrons. The lowest BCUT2D eigenvalue weighted by Gasteiger charge is -2.05. The molecular formula is C22H19N3OS. The van der Waals surface area contributed by atoms with Crippen molar-refractivity contribution in [1.29, 1.82) is 0 Å². The Morgan fingerprint density at radius 3 is 2.78 bits per heavy atom. The lowest BCUT2D eigenvalue weighted by atomic mass is 10.1. The van der Waals surface area contributed by atoms with Crippen LogP contribution in [0.15, 0.2) is 76.9 Å². The zero-order valence-corrected chi connectivity index (χ0v) is 15.7. The highest BCUT2D eigenvalue weighted by atomic mass is 32.2. The Morgan fingerprint density at radius 1 is 1.07 bits per heavy atom. The zero-order valence-electron chi connectivity index (χ0n) is 14.9. The van der Waals surface area contributed by atoms with Crippen LogP contribution in [0.3, 0.4) is 0 Å². The first-order valence-corrected chi connectivity index (χ1v) is 9.69. The molecule has 1 saturated heterocycles. The first-order valence-electron chi connectivity index (χ1n) is 8.81. The van der Waals surface area contributed by atoms with Gasteiger partial charge in [0, 0.05) is 5.56 Å². The maximum atomic E-state index is 12.2. The highest BCUT2D eigenvalue weighted by Crippen LogP contribution is 2.24. The average molecular weight is 373 g/mol. The SMILES string of the molecule is Cc1cccc(CC2SC(=NN=Cc3cccc4ccccc34)NC2=O)c1. The van der Waals surface area contributed by atoms with Gasteiger partial charge in [-0.05, 0) is 29.7 Å². The first-order chi connectivity index (χ1) is 13.2. The number of thioether (sulfide) groups is 1. The van der Waals surface area contributed by atoms with Crippen molar-refractivity contribution in [1.82, 2.24) is 5.32 Å². The van der Waals surface area contributed by atoms with E-state index in [-0.39, 0.29) is 11.2 Å². The predicted octanol–water partition coefficient (Wildman–Crippen LogP) is 4.31. The van der Waals surface area contributed by atoms with E-state index in [1.807, 2.05) is 30.3 Å². The van der Waals surface area contributed by atoms with Crippen LogP contribution in [0.5, 0.6) is 0 Å². The van der Waals surface area contributed by atoms with Crippen molar-refractivity contribution in [2.24, 2.45) is 10.2 Å². The second-order valence-electron chi connectivity index (χ2n) is 6.51. The predicted molar refractivity (Wildman–Crippen MR) is 113 cm³/mol. The molecule has 0 bridgehead atoms. The van der Waals surface area contributed by atoms with Gasteiger partial charge in [0.2, 0.25) is 5.91 Å². The molecule has 134 valence electrons. The number of carbonyl (C=O) groups is 1. The normalized spacial score (nSPS) is 18.5. The molecule has 0 aromatic heterocycles. The van der Waals surface area contributed by atoms with Crippen molar-refractivity contribution in [3.8, 4) is 0 Å². The van der Waals surface area contributed by atoms with Crippen LogP contribution in [-0.4, -0.2) is 22.5 Å². The number of benzene rings is 3. The number of hydrogen-bond acceptors (Lipinski definition) is 4. The topological polar surface area (TPSA) is 53.8 Å². The van der Waals surface area contributed by atoms with E-state index < -0.39 is 0 Å². The van der Waals surface area contributed by atoms with Crippen LogP contribution >= 0.6 is 11.8 Å². The third kappa shape index (κ3) is 4.09. The molecule has 27 heavy (non-hydrogen) atoms. The first kappa shape index (κ1) is 17.5. The Kier molecular flexibility index (Phi) is 5.03. The molecule has 5 heteroatoms. The van der Waals surface area contributed by atoms with E-state index in [0.717, 1.165) is 21.9 Å². The van der Waals surface area contributed by atoms with E-state index >= 15 is 0 Å². The van der Waals surface area contributed by atoms with E-state index in [2.05, 4.69) is 58.8 Å². The van der Waals surface area contributed by atoms with Gasteiger partial charge < -0.3 is 5.32 Å². The third-order valence-corrected chi connectivity index (χ3v) is 5.52. The molecule has 0 aliphatic carbocycles. The number of amides is 1. The van der Waals surface area contributed by atoms with E-state index in [1.54, 1.807) is 6.21 Å². The van der Waals surface area contributed by atoms with E-state index in [1.165, 1.54) is 17.3 Å². The Labute approximate surface area is 162 Å². The molecule has 4 rings (SSSR count). The maximum absolute atomic E-state index is 12.2. The number of hydrogen-bond donors (Lipinski definition) is 1. The Morgan fingerprint density at radius 2 is 1.89 bits per heavy atom. The number of aryl methyl sites for hydroxylation is 1. The van der Waals surface area contributed by atoms with Crippen LogP contribution in [-0.2, 0) is 11.2 Å². The smallest absolute Gasteiger partial charge is 0.239 e.